The maximum Gasteiger partial charge on any atom is 0.244 e. The van der Waals surface area contributed by atoms with Gasteiger partial charge < -0.3 is 10.1 Å². The highest BCUT2D eigenvalue weighted by Gasteiger charge is 2.59. The van der Waals surface area contributed by atoms with Gasteiger partial charge in [0.05, 0.1) is 24.0 Å². The summed E-state index contributed by atoms with van der Waals surface area (Å²) >= 11 is 6.03. The number of nitrogens with zero attached hydrogens (tertiary/aromatic N) is 1. The Labute approximate surface area is 149 Å². The normalized spacial score (nSPS) is 29.3. The first kappa shape index (κ1) is 16.1. The molecule has 4 atom stereocenters. The monoisotopic (exact) mass is 360 g/mol. The zero-order valence-corrected chi connectivity index (χ0v) is 14.3. The predicted molar refractivity (Wildman–Crippen MR) is 91.1 cm³/mol. The lowest BCUT2D eigenvalue weighted by molar-refractivity contribution is -0.143. The number of methoxy groups -OCH3 is 1. The van der Waals surface area contributed by atoms with Crippen LogP contribution >= 0.6 is 11.6 Å². The summed E-state index contributed by atoms with van der Waals surface area (Å²) in [7, 11) is 1.50. The summed E-state index contributed by atoms with van der Waals surface area (Å²) in [6.07, 6.45) is 4.93. The summed E-state index contributed by atoms with van der Waals surface area (Å²) in [4.78, 5) is 38.5. The van der Waals surface area contributed by atoms with E-state index in [1.54, 1.807) is 18.2 Å². The molecule has 0 radical (unpaired) electrons. The number of carbonyl (C=O) groups is 3. The van der Waals surface area contributed by atoms with Gasteiger partial charge >= 0.3 is 0 Å². The van der Waals surface area contributed by atoms with Crippen LogP contribution in [0.15, 0.2) is 30.4 Å². The highest BCUT2D eigenvalue weighted by molar-refractivity contribution is 6.32. The van der Waals surface area contributed by atoms with Crippen LogP contribution in [0.4, 0.5) is 5.69 Å². The summed E-state index contributed by atoms with van der Waals surface area (Å²) in [5, 5.41) is 3.03. The molecule has 4 rings (SSSR count). The van der Waals surface area contributed by atoms with E-state index in [-0.39, 0.29) is 42.0 Å². The summed E-state index contributed by atoms with van der Waals surface area (Å²) in [6, 6.07) is 4.85. The second-order valence-corrected chi connectivity index (χ2v) is 7.07. The van der Waals surface area contributed by atoms with Crippen molar-refractivity contribution in [3.8, 4) is 5.75 Å². The number of amides is 3. The van der Waals surface area contributed by atoms with Crippen molar-refractivity contribution in [1.82, 2.24) is 4.90 Å². The number of hydrogen-bond donors (Lipinski definition) is 1. The Bertz CT molecular complexity index is 776. The van der Waals surface area contributed by atoms with E-state index < -0.39 is 5.91 Å². The van der Waals surface area contributed by atoms with Gasteiger partial charge in [-0.1, -0.05) is 23.8 Å². The number of anilines is 1. The third kappa shape index (κ3) is 2.52. The Hall–Kier alpha value is -2.34. The smallest absolute Gasteiger partial charge is 0.244 e. The van der Waals surface area contributed by atoms with Crippen LogP contribution in [-0.2, 0) is 14.4 Å². The number of allylic oxidation sites excluding steroid dienone is 2. The summed E-state index contributed by atoms with van der Waals surface area (Å²) in [5.41, 5.74) is 0.483. The van der Waals surface area contributed by atoms with E-state index in [0.717, 1.165) is 11.3 Å². The van der Waals surface area contributed by atoms with Gasteiger partial charge in [0.1, 0.15) is 12.3 Å². The highest BCUT2D eigenvalue weighted by atomic mass is 35.5. The summed E-state index contributed by atoms with van der Waals surface area (Å²) < 4.78 is 5.06. The van der Waals surface area contributed by atoms with E-state index in [2.05, 4.69) is 5.32 Å². The number of imide groups is 1. The van der Waals surface area contributed by atoms with Crippen molar-refractivity contribution in [1.29, 1.82) is 0 Å². The molecule has 2 fully saturated rings. The average Bonchev–Trinajstić information content (AvgIpc) is 3.25. The van der Waals surface area contributed by atoms with Gasteiger partial charge in [-0.2, -0.15) is 0 Å². The average molecular weight is 361 g/mol. The quantitative estimate of drug-likeness (QED) is 0.659. The number of nitrogens with one attached hydrogen (secondary N) is 1. The zero-order valence-electron chi connectivity index (χ0n) is 13.6. The van der Waals surface area contributed by atoms with Gasteiger partial charge in [-0.3, -0.25) is 19.3 Å². The Balaban J connectivity index is 1.44. The Morgan fingerprint density at radius 3 is 2.44 bits per heavy atom. The molecule has 1 aliphatic heterocycles. The minimum absolute atomic E-state index is 0.139. The molecular formula is C18H17ClN2O4. The summed E-state index contributed by atoms with van der Waals surface area (Å²) in [5.74, 6) is -0.677. The van der Waals surface area contributed by atoms with Gasteiger partial charge in [0.2, 0.25) is 17.7 Å². The molecule has 3 amide bonds. The molecule has 1 N–H and O–H groups in total. The first-order chi connectivity index (χ1) is 12.0. The molecule has 25 heavy (non-hydrogen) atoms. The van der Waals surface area contributed by atoms with Crippen molar-refractivity contribution in [2.45, 2.75) is 6.42 Å². The fourth-order valence-corrected chi connectivity index (χ4v) is 4.47. The van der Waals surface area contributed by atoms with Crippen LogP contribution in [0.1, 0.15) is 6.42 Å². The van der Waals surface area contributed by atoms with E-state index in [0.29, 0.717) is 16.5 Å². The molecule has 1 aromatic rings. The largest absolute Gasteiger partial charge is 0.495 e. The van der Waals surface area contributed by atoms with Crippen LogP contribution in [-0.4, -0.2) is 36.3 Å². The lowest BCUT2D eigenvalue weighted by Crippen LogP contribution is -2.39. The van der Waals surface area contributed by atoms with Gasteiger partial charge in [0.25, 0.3) is 0 Å². The molecule has 3 aliphatic rings. The second-order valence-electron chi connectivity index (χ2n) is 6.66. The highest BCUT2D eigenvalue weighted by Crippen LogP contribution is 2.52. The van der Waals surface area contributed by atoms with Gasteiger partial charge in [0.15, 0.2) is 0 Å². The molecule has 2 bridgehead atoms. The molecule has 6 nitrogen and oxygen atoms in total. The molecule has 1 saturated carbocycles. The Morgan fingerprint density at radius 1 is 1.24 bits per heavy atom. The fraction of sp³-hybridized carbons (Fsp3) is 0.389. The fourth-order valence-electron chi connectivity index (χ4n) is 4.21. The van der Waals surface area contributed by atoms with Crippen molar-refractivity contribution in [2.75, 3.05) is 19.0 Å². The number of hydrogen-bond acceptors (Lipinski definition) is 4. The maximum absolute atomic E-state index is 12.6. The molecule has 1 aromatic carbocycles. The Morgan fingerprint density at radius 2 is 1.88 bits per heavy atom. The molecular weight excluding hydrogens is 344 g/mol. The van der Waals surface area contributed by atoms with Crippen molar-refractivity contribution in [3.05, 3.63) is 35.4 Å². The SMILES string of the molecule is COc1ccc(NC(=O)CN2C(=O)C3C4C=CC(C4)C3C2=O)cc1Cl. The lowest BCUT2D eigenvalue weighted by atomic mass is 9.85. The van der Waals surface area contributed by atoms with Crippen LogP contribution < -0.4 is 10.1 Å². The van der Waals surface area contributed by atoms with E-state index in [1.807, 2.05) is 12.2 Å². The lowest BCUT2D eigenvalue weighted by Gasteiger charge is -2.17. The third-order valence-electron chi connectivity index (χ3n) is 5.30. The number of benzene rings is 1. The van der Waals surface area contributed by atoms with E-state index in [4.69, 9.17) is 16.3 Å². The van der Waals surface area contributed by atoms with Gasteiger partial charge in [-0.05, 0) is 36.5 Å². The number of rotatable bonds is 4. The third-order valence-corrected chi connectivity index (χ3v) is 5.59. The van der Waals surface area contributed by atoms with Crippen molar-refractivity contribution >= 4 is 35.0 Å². The minimum atomic E-state index is -0.428. The predicted octanol–water partition coefficient (Wildman–Crippen LogP) is 2.09. The van der Waals surface area contributed by atoms with Crippen LogP contribution in [0, 0.1) is 23.7 Å². The minimum Gasteiger partial charge on any atom is -0.495 e. The number of likely N-dealkylation sites (tertiary alicyclic amines) is 1. The van der Waals surface area contributed by atoms with Gasteiger partial charge in [-0.25, -0.2) is 0 Å². The van der Waals surface area contributed by atoms with E-state index in [1.165, 1.54) is 7.11 Å². The molecule has 1 saturated heterocycles. The van der Waals surface area contributed by atoms with Gasteiger partial charge in [0, 0.05) is 5.69 Å². The van der Waals surface area contributed by atoms with Crippen molar-refractivity contribution in [3.63, 3.8) is 0 Å². The second kappa shape index (κ2) is 5.88. The first-order valence-electron chi connectivity index (χ1n) is 8.16. The van der Waals surface area contributed by atoms with Crippen LogP contribution in [0.25, 0.3) is 0 Å². The van der Waals surface area contributed by atoms with E-state index in [9.17, 15) is 14.4 Å². The number of carbonyl (C=O) groups excluding carboxylic acids is 3. The molecule has 130 valence electrons. The molecule has 0 aromatic heterocycles. The topological polar surface area (TPSA) is 75.7 Å². The molecule has 7 heteroatoms. The van der Waals surface area contributed by atoms with Crippen LogP contribution in [0.3, 0.4) is 0 Å². The molecule has 1 heterocycles. The number of fused-ring (bicyclic) bond motifs is 5. The van der Waals surface area contributed by atoms with Crippen LogP contribution in [0.5, 0.6) is 5.75 Å². The maximum atomic E-state index is 12.6. The van der Waals surface area contributed by atoms with Crippen molar-refractivity contribution in [2.24, 2.45) is 23.7 Å². The molecule has 2 aliphatic carbocycles. The number of halogens is 1. The number of ether oxygens (including phenoxy) is 1. The standard InChI is InChI=1S/C18H17ClN2O4/c1-25-13-5-4-11(7-12(13)19)20-14(22)8-21-17(23)15-9-2-3-10(6-9)16(15)18(21)24/h2-5,7,9-10,15-16H,6,8H2,1H3,(H,20,22). The van der Waals surface area contributed by atoms with Crippen LogP contribution in [0.2, 0.25) is 5.02 Å². The summed E-state index contributed by atoms with van der Waals surface area (Å²) in [6.45, 7) is -0.270. The first-order valence-corrected chi connectivity index (χ1v) is 8.54. The zero-order chi connectivity index (χ0) is 17.7. The Kier molecular flexibility index (Phi) is 3.80. The molecule has 4 unspecified atom stereocenters. The van der Waals surface area contributed by atoms with Gasteiger partial charge in [-0.15, -0.1) is 0 Å². The van der Waals surface area contributed by atoms with Crippen molar-refractivity contribution < 1.29 is 19.1 Å². The molecule has 0 spiro atoms. The van der Waals surface area contributed by atoms with E-state index >= 15 is 0 Å².